The first-order chi connectivity index (χ1) is 15.7. The first kappa shape index (κ1) is 20.4. The van der Waals surface area contributed by atoms with Crippen molar-refractivity contribution in [2.45, 2.75) is 6.04 Å². The minimum absolute atomic E-state index is 0.0428. The van der Waals surface area contributed by atoms with E-state index in [-0.39, 0.29) is 30.3 Å². The van der Waals surface area contributed by atoms with E-state index in [0.717, 1.165) is 48.9 Å². The lowest BCUT2D eigenvalue weighted by atomic mass is 10.0. The highest BCUT2D eigenvalue weighted by Crippen LogP contribution is 2.35. The number of carbonyl (C=O) groups is 1. The summed E-state index contributed by atoms with van der Waals surface area (Å²) in [6.07, 6.45) is 1.49. The smallest absolute Gasteiger partial charge is 0.287 e. The third-order valence-corrected chi connectivity index (χ3v) is 5.93. The second-order valence-corrected chi connectivity index (χ2v) is 7.82. The summed E-state index contributed by atoms with van der Waals surface area (Å²) in [6, 6.07) is 15.8. The first-order valence-electron chi connectivity index (χ1n) is 10.6. The molecule has 0 unspecified atom stereocenters. The maximum atomic E-state index is 13.3. The molecule has 1 saturated heterocycles. The topological polar surface area (TPSA) is 67.2 Å². The van der Waals surface area contributed by atoms with Gasteiger partial charge in [-0.2, -0.15) is 0 Å². The zero-order valence-corrected chi connectivity index (χ0v) is 17.5. The van der Waals surface area contributed by atoms with Gasteiger partial charge in [0.1, 0.15) is 5.82 Å². The number of anilines is 1. The molecule has 1 amide bonds. The van der Waals surface area contributed by atoms with Crippen molar-refractivity contribution in [3.63, 3.8) is 0 Å². The third kappa shape index (κ3) is 4.27. The van der Waals surface area contributed by atoms with Gasteiger partial charge in [0, 0.05) is 38.4 Å². The van der Waals surface area contributed by atoms with Crippen LogP contribution in [0.25, 0.3) is 0 Å². The van der Waals surface area contributed by atoms with E-state index in [1.54, 1.807) is 12.1 Å². The molecule has 0 spiro atoms. The van der Waals surface area contributed by atoms with E-state index in [9.17, 15) is 9.18 Å². The summed E-state index contributed by atoms with van der Waals surface area (Å²) in [6.45, 7) is 3.85. The molecule has 1 atom stereocenters. The Morgan fingerprint density at radius 3 is 2.53 bits per heavy atom. The standard InChI is InChI=1S/C24H24FN3O4/c25-18-4-6-19(7-5-18)27-9-11-28(12-10-27)20(15-26-24(29)22-2-1-13-30-22)17-3-8-21-23(14-17)32-16-31-21/h1-8,13-14,20H,9-12,15-16H2,(H,26,29)/t20-/m1/s1. The molecule has 1 fully saturated rings. The van der Waals surface area contributed by atoms with Gasteiger partial charge in [-0.15, -0.1) is 0 Å². The Hall–Kier alpha value is -3.52. The van der Waals surface area contributed by atoms with Crippen molar-refractivity contribution < 1.29 is 23.1 Å². The average Bonchev–Trinajstić information content (AvgIpc) is 3.52. The number of hydrogen-bond acceptors (Lipinski definition) is 6. The van der Waals surface area contributed by atoms with Crippen LogP contribution >= 0.6 is 0 Å². The number of ether oxygens (including phenoxy) is 2. The fourth-order valence-electron chi connectivity index (χ4n) is 4.21. The van der Waals surface area contributed by atoms with E-state index in [1.807, 2.05) is 30.3 Å². The van der Waals surface area contributed by atoms with Crippen molar-refractivity contribution in [1.29, 1.82) is 0 Å². The number of piperazine rings is 1. The van der Waals surface area contributed by atoms with Crippen LogP contribution in [-0.2, 0) is 0 Å². The second kappa shape index (κ2) is 8.92. The number of furan rings is 1. The Bertz CT molecular complexity index is 1060. The number of benzene rings is 2. The molecule has 2 aliphatic heterocycles. The number of hydrogen-bond donors (Lipinski definition) is 1. The van der Waals surface area contributed by atoms with E-state index < -0.39 is 0 Å². The van der Waals surface area contributed by atoms with Gasteiger partial charge in [0.15, 0.2) is 17.3 Å². The van der Waals surface area contributed by atoms with Gasteiger partial charge in [-0.25, -0.2) is 4.39 Å². The summed E-state index contributed by atoms with van der Waals surface area (Å²) in [5.74, 6) is 1.26. The van der Waals surface area contributed by atoms with Crippen LogP contribution in [0.4, 0.5) is 10.1 Å². The van der Waals surface area contributed by atoms with Gasteiger partial charge in [0.2, 0.25) is 6.79 Å². The highest BCUT2D eigenvalue weighted by atomic mass is 19.1. The SMILES string of the molecule is O=C(NC[C@H](c1ccc2c(c1)OCO2)N1CCN(c2ccc(F)cc2)CC1)c1ccco1. The number of nitrogens with zero attached hydrogens (tertiary/aromatic N) is 2. The van der Waals surface area contributed by atoms with Crippen LogP contribution in [-0.4, -0.2) is 50.3 Å². The van der Waals surface area contributed by atoms with Crippen molar-refractivity contribution in [2.24, 2.45) is 0 Å². The molecule has 166 valence electrons. The number of rotatable bonds is 6. The lowest BCUT2D eigenvalue weighted by Crippen LogP contribution is -2.50. The predicted octanol–water partition coefficient (Wildman–Crippen LogP) is 3.44. The Morgan fingerprint density at radius 2 is 1.78 bits per heavy atom. The lowest BCUT2D eigenvalue weighted by Gasteiger charge is -2.40. The maximum absolute atomic E-state index is 13.3. The normalized spacial score (nSPS) is 16.7. The van der Waals surface area contributed by atoms with E-state index in [4.69, 9.17) is 13.9 Å². The zero-order chi connectivity index (χ0) is 21.9. The molecule has 8 heteroatoms. The quantitative estimate of drug-likeness (QED) is 0.637. The number of halogens is 1. The fraction of sp³-hybridized carbons (Fsp3) is 0.292. The molecule has 1 aromatic heterocycles. The van der Waals surface area contributed by atoms with Crippen LogP contribution in [0.5, 0.6) is 11.5 Å². The van der Waals surface area contributed by atoms with Crippen LogP contribution in [0.15, 0.2) is 65.3 Å². The molecule has 1 N–H and O–H groups in total. The monoisotopic (exact) mass is 437 g/mol. The number of nitrogens with one attached hydrogen (secondary N) is 1. The number of amides is 1. The molecule has 32 heavy (non-hydrogen) atoms. The maximum Gasteiger partial charge on any atom is 0.287 e. The van der Waals surface area contributed by atoms with Gasteiger partial charge in [0.05, 0.1) is 12.3 Å². The van der Waals surface area contributed by atoms with Crippen molar-refractivity contribution in [1.82, 2.24) is 10.2 Å². The largest absolute Gasteiger partial charge is 0.459 e. The fourth-order valence-corrected chi connectivity index (χ4v) is 4.21. The van der Waals surface area contributed by atoms with Crippen LogP contribution in [0, 0.1) is 5.82 Å². The molecule has 0 radical (unpaired) electrons. The summed E-state index contributed by atoms with van der Waals surface area (Å²) >= 11 is 0. The summed E-state index contributed by atoms with van der Waals surface area (Å²) in [7, 11) is 0. The average molecular weight is 437 g/mol. The Labute approximate surface area is 185 Å². The summed E-state index contributed by atoms with van der Waals surface area (Å²) < 4.78 is 29.5. The van der Waals surface area contributed by atoms with E-state index in [0.29, 0.717) is 6.54 Å². The van der Waals surface area contributed by atoms with Crippen LogP contribution in [0.2, 0.25) is 0 Å². The molecule has 2 aromatic carbocycles. The first-order valence-corrected chi connectivity index (χ1v) is 10.6. The molecule has 5 rings (SSSR count). The minimum atomic E-state index is -0.245. The van der Waals surface area contributed by atoms with Gasteiger partial charge in [-0.3, -0.25) is 9.69 Å². The second-order valence-electron chi connectivity index (χ2n) is 7.82. The van der Waals surface area contributed by atoms with Gasteiger partial charge in [-0.05, 0) is 54.1 Å². The molecule has 3 aromatic rings. The van der Waals surface area contributed by atoms with Crippen LogP contribution in [0.3, 0.4) is 0 Å². The van der Waals surface area contributed by atoms with Crippen molar-refractivity contribution in [3.8, 4) is 11.5 Å². The van der Waals surface area contributed by atoms with Gasteiger partial charge in [0.25, 0.3) is 5.91 Å². The van der Waals surface area contributed by atoms with Crippen molar-refractivity contribution >= 4 is 11.6 Å². The molecule has 0 saturated carbocycles. The Kier molecular flexibility index (Phi) is 5.68. The van der Waals surface area contributed by atoms with Crippen LogP contribution < -0.4 is 19.7 Å². The molecular formula is C24H24FN3O4. The van der Waals surface area contributed by atoms with Crippen LogP contribution in [0.1, 0.15) is 22.2 Å². The molecule has 3 heterocycles. The van der Waals surface area contributed by atoms with E-state index in [1.165, 1.54) is 18.4 Å². The number of fused-ring (bicyclic) bond motifs is 1. The van der Waals surface area contributed by atoms with E-state index >= 15 is 0 Å². The van der Waals surface area contributed by atoms with E-state index in [2.05, 4.69) is 15.1 Å². The lowest BCUT2D eigenvalue weighted by molar-refractivity contribution is 0.0902. The molecule has 2 aliphatic rings. The Balaban J connectivity index is 1.31. The summed E-state index contributed by atoms with van der Waals surface area (Å²) in [5, 5.41) is 3.00. The summed E-state index contributed by atoms with van der Waals surface area (Å²) in [5.41, 5.74) is 2.06. The highest BCUT2D eigenvalue weighted by Gasteiger charge is 2.27. The van der Waals surface area contributed by atoms with Gasteiger partial charge < -0.3 is 24.1 Å². The van der Waals surface area contributed by atoms with Crippen molar-refractivity contribution in [2.75, 3.05) is 44.4 Å². The minimum Gasteiger partial charge on any atom is -0.459 e. The Morgan fingerprint density at radius 1 is 1.00 bits per heavy atom. The molecule has 0 bridgehead atoms. The number of carbonyl (C=O) groups excluding carboxylic acids is 1. The molecular weight excluding hydrogens is 413 g/mol. The predicted molar refractivity (Wildman–Crippen MR) is 117 cm³/mol. The molecule has 7 nitrogen and oxygen atoms in total. The summed E-state index contributed by atoms with van der Waals surface area (Å²) in [4.78, 5) is 17.1. The highest BCUT2D eigenvalue weighted by molar-refractivity contribution is 5.91. The van der Waals surface area contributed by atoms with Gasteiger partial charge >= 0.3 is 0 Å². The molecule has 0 aliphatic carbocycles. The van der Waals surface area contributed by atoms with Crippen molar-refractivity contribution in [3.05, 3.63) is 78.0 Å². The zero-order valence-electron chi connectivity index (χ0n) is 17.5. The van der Waals surface area contributed by atoms with Gasteiger partial charge in [-0.1, -0.05) is 6.07 Å². The third-order valence-electron chi connectivity index (χ3n) is 5.93.